The fraction of sp³-hybridized carbons (Fsp3) is 0.0714. The van der Waals surface area contributed by atoms with Crippen molar-refractivity contribution in [3.63, 3.8) is 0 Å². The molecule has 0 aliphatic rings. The number of rotatable bonds is 1. The number of pyridine rings is 1. The third-order valence-corrected chi connectivity index (χ3v) is 3.08. The molecule has 1 heterocycles. The molecule has 0 unspecified atom stereocenters. The Morgan fingerprint density at radius 2 is 1.54 bits per heavy atom. The number of anilines is 1. The quantitative estimate of drug-likeness (QED) is 0.778. The Balaban J connectivity index is 2.92. The number of nitrogens with two attached hydrogens (primary N) is 1. The number of nitriles is 2. The second-order valence-corrected chi connectivity index (χ2v) is 4.53. The molecule has 0 saturated heterocycles. The zero-order valence-electron chi connectivity index (χ0n) is 11.4. The van der Waals surface area contributed by atoms with Crippen LogP contribution in [0.2, 0.25) is 0 Å². The molecule has 1 aromatic heterocycles. The molecule has 10 heteroatoms. The minimum Gasteiger partial charge on any atom is -0.384 e. The average Bonchev–Trinajstić information content (AvgIpc) is 2.44. The summed E-state index contributed by atoms with van der Waals surface area (Å²) in [4.78, 5) is 13.7. The Morgan fingerprint density at radius 3 is 1.96 bits per heavy atom. The van der Waals surface area contributed by atoms with E-state index in [1.54, 1.807) is 0 Å². The predicted molar refractivity (Wildman–Crippen MR) is 71.3 cm³/mol. The first-order valence-corrected chi connectivity index (χ1v) is 6.04. The number of aromatic nitrogens is 1. The van der Waals surface area contributed by atoms with Gasteiger partial charge in [0.15, 0.2) is 0 Å². The van der Waals surface area contributed by atoms with Crippen molar-refractivity contribution in [2.75, 3.05) is 5.73 Å². The zero-order valence-corrected chi connectivity index (χ0v) is 11.4. The standard InChI is InChI=1S/C14H5F5N4O/c15-8-1-5(2-9(16)11(8)14(17,18)19)10-6(3-20)12(22)23-13(24)7(10)4-21/h1-2H,(H3,22,23,24). The lowest BCUT2D eigenvalue weighted by molar-refractivity contribution is -0.142. The maximum atomic E-state index is 13.7. The van der Waals surface area contributed by atoms with Crippen LogP contribution < -0.4 is 11.3 Å². The Hall–Kier alpha value is -3.40. The number of hydrogen-bond donors (Lipinski definition) is 2. The Bertz CT molecular complexity index is 956. The SMILES string of the molecule is N#Cc1c(N)[nH]c(=O)c(C#N)c1-c1cc(F)c(C(F)(F)F)c(F)c1. The molecule has 0 fully saturated rings. The third kappa shape index (κ3) is 2.65. The lowest BCUT2D eigenvalue weighted by Gasteiger charge is -2.13. The highest BCUT2D eigenvalue weighted by Gasteiger charge is 2.38. The Kier molecular flexibility index (Phi) is 4.00. The summed E-state index contributed by atoms with van der Waals surface area (Å²) < 4.78 is 65.3. The number of alkyl halides is 3. The van der Waals surface area contributed by atoms with Crippen molar-refractivity contribution in [1.29, 1.82) is 10.5 Å². The molecule has 0 aliphatic heterocycles. The van der Waals surface area contributed by atoms with Gasteiger partial charge in [-0.15, -0.1) is 0 Å². The smallest absolute Gasteiger partial charge is 0.384 e. The van der Waals surface area contributed by atoms with Gasteiger partial charge in [0.1, 0.15) is 46.3 Å². The summed E-state index contributed by atoms with van der Waals surface area (Å²) in [7, 11) is 0. The number of aromatic amines is 1. The minimum absolute atomic E-state index is 0.280. The second-order valence-electron chi connectivity index (χ2n) is 4.53. The van der Waals surface area contributed by atoms with E-state index in [1.165, 1.54) is 12.1 Å². The van der Waals surface area contributed by atoms with E-state index in [1.807, 2.05) is 4.98 Å². The molecule has 0 bridgehead atoms. The van der Waals surface area contributed by atoms with Crippen molar-refractivity contribution in [2.45, 2.75) is 6.18 Å². The lowest BCUT2D eigenvalue weighted by Crippen LogP contribution is -2.17. The van der Waals surface area contributed by atoms with E-state index in [0.29, 0.717) is 0 Å². The number of nitrogens with zero attached hydrogens (tertiary/aromatic N) is 2. The highest BCUT2D eigenvalue weighted by atomic mass is 19.4. The molecule has 0 amide bonds. The summed E-state index contributed by atoms with van der Waals surface area (Å²) in [5.41, 5.74) is -0.108. The second kappa shape index (κ2) is 5.66. The molecule has 2 aromatic rings. The van der Waals surface area contributed by atoms with E-state index in [9.17, 15) is 26.7 Å². The van der Waals surface area contributed by atoms with E-state index in [4.69, 9.17) is 16.3 Å². The van der Waals surface area contributed by atoms with Gasteiger partial charge in [-0.25, -0.2) is 8.78 Å². The summed E-state index contributed by atoms with van der Waals surface area (Å²) in [5.74, 6) is -4.40. The number of benzene rings is 1. The topological polar surface area (TPSA) is 106 Å². The normalized spacial score (nSPS) is 11.0. The van der Waals surface area contributed by atoms with E-state index in [-0.39, 0.29) is 12.1 Å². The fourth-order valence-electron chi connectivity index (χ4n) is 2.12. The van der Waals surface area contributed by atoms with Crippen molar-refractivity contribution in [3.8, 4) is 23.3 Å². The van der Waals surface area contributed by atoms with Gasteiger partial charge < -0.3 is 10.7 Å². The van der Waals surface area contributed by atoms with Gasteiger partial charge in [-0.05, 0) is 17.7 Å². The first kappa shape index (κ1) is 17.0. The predicted octanol–water partition coefficient (Wildman–Crippen LogP) is 2.66. The van der Waals surface area contributed by atoms with Gasteiger partial charge in [-0.3, -0.25) is 4.79 Å². The summed E-state index contributed by atoms with van der Waals surface area (Å²) in [6.45, 7) is 0. The molecule has 0 saturated carbocycles. The molecule has 0 atom stereocenters. The number of H-pyrrole nitrogens is 1. The van der Waals surface area contributed by atoms with Crippen LogP contribution in [0.1, 0.15) is 16.7 Å². The van der Waals surface area contributed by atoms with Crippen LogP contribution in [0.3, 0.4) is 0 Å². The van der Waals surface area contributed by atoms with Gasteiger partial charge >= 0.3 is 6.18 Å². The number of halogens is 5. The molecule has 5 nitrogen and oxygen atoms in total. The van der Waals surface area contributed by atoms with Crippen LogP contribution >= 0.6 is 0 Å². The van der Waals surface area contributed by atoms with E-state index in [0.717, 1.165) is 0 Å². The van der Waals surface area contributed by atoms with Crippen LogP contribution in [0.5, 0.6) is 0 Å². The van der Waals surface area contributed by atoms with Gasteiger partial charge in [0.2, 0.25) is 0 Å². The van der Waals surface area contributed by atoms with Gasteiger partial charge in [0, 0.05) is 5.56 Å². The highest BCUT2D eigenvalue weighted by molar-refractivity contribution is 5.80. The summed E-state index contributed by atoms with van der Waals surface area (Å²) in [5, 5.41) is 18.1. The largest absolute Gasteiger partial charge is 0.422 e. The van der Waals surface area contributed by atoms with Crippen molar-refractivity contribution in [2.24, 2.45) is 0 Å². The van der Waals surface area contributed by atoms with Crippen LogP contribution in [0.25, 0.3) is 11.1 Å². The van der Waals surface area contributed by atoms with Crippen LogP contribution in [0, 0.1) is 34.3 Å². The third-order valence-electron chi connectivity index (χ3n) is 3.08. The van der Waals surface area contributed by atoms with Crippen LogP contribution in [0.4, 0.5) is 27.8 Å². The molecular formula is C14H5F5N4O. The first-order chi connectivity index (χ1) is 11.1. The minimum atomic E-state index is -5.28. The molecule has 122 valence electrons. The van der Waals surface area contributed by atoms with Crippen molar-refractivity contribution < 1.29 is 22.0 Å². The lowest BCUT2D eigenvalue weighted by atomic mass is 9.95. The van der Waals surface area contributed by atoms with E-state index >= 15 is 0 Å². The number of nitrogens with one attached hydrogen (secondary N) is 1. The first-order valence-electron chi connectivity index (χ1n) is 6.04. The van der Waals surface area contributed by atoms with Gasteiger partial charge in [-0.1, -0.05) is 0 Å². The molecule has 0 spiro atoms. The Morgan fingerprint density at radius 1 is 1.04 bits per heavy atom. The maximum Gasteiger partial charge on any atom is 0.422 e. The van der Waals surface area contributed by atoms with E-state index < -0.39 is 57.0 Å². The number of nitrogen functional groups attached to an aromatic ring is 1. The molecule has 0 radical (unpaired) electrons. The fourth-order valence-corrected chi connectivity index (χ4v) is 2.12. The van der Waals surface area contributed by atoms with E-state index in [2.05, 4.69) is 0 Å². The molecule has 24 heavy (non-hydrogen) atoms. The van der Waals surface area contributed by atoms with Crippen LogP contribution in [-0.2, 0) is 6.18 Å². The maximum absolute atomic E-state index is 13.7. The summed E-state index contributed by atoms with van der Waals surface area (Å²) >= 11 is 0. The van der Waals surface area contributed by atoms with Crippen molar-refractivity contribution in [3.05, 3.63) is 50.8 Å². The molecule has 1 aromatic carbocycles. The Labute approximate surface area is 130 Å². The van der Waals surface area contributed by atoms with Gasteiger partial charge in [0.05, 0.1) is 0 Å². The summed E-state index contributed by atoms with van der Waals surface area (Å²) in [6, 6.07) is 3.52. The van der Waals surface area contributed by atoms with Gasteiger partial charge in [0.25, 0.3) is 5.56 Å². The van der Waals surface area contributed by atoms with Crippen molar-refractivity contribution >= 4 is 5.82 Å². The average molecular weight is 340 g/mol. The molecule has 2 rings (SSSR count). The van der Waals surface area contributed by atoms with Gasteiger partial charge in [-0.2, -0.15) is 23.7 Å². The monoisotopic (exact) mass is 340 g/mol. The molecule has 3 N–H and O–H groups in total. The zero-order chi connectivity index (χ0) is 18.2. The molecule has 0 aliphatic carbocycles. The van der Waals surface area contributed by atoms with Crippen LogP contribution in [-0.4, -0.2) is 4.98 Å². The van der Waals surface area contributed by atoms with Crippen LogP contribution in [0.15, 0.2) is 16.9 Å². The highest BCUT2D eigenvalue weighted by Crippen LogP contribution is 2.37. The van der Waals surface area contributed by atoms with Crippen molar-refractivity contribution in [1.82, 2.24) is 4.98 Å². The molecular weight excluding hydrogens is 335 g/mol. The number of hydrogen-bond acceptors (Lipinski definition) is 4. The summed E-state index contributed by atoms with van der Waals surface area (Å²) in [6.07, 6.45) is -5.28.